The highest BCUT2D eigenvalue weighted by Gasteiger charge is 2.19. The van der Waals surface area contributed by atoms with Crippen LogP contribution in [0.1, 0.15) is 239 Å². The van der Waals surface area contributed by atoms with E-state index < -0.39 is 12.1 Å². The van der Waals surface area contributed by atoms with Crippen molar-refractivity contribution in [2.24, 2.45) is 0 Å². The van der Waals surface area contributed by atoms with E-state index >= 15 is 0 Å². The molecule has 0 aromatic carbocycles. The summed E-state index contributed by atoms with van der Waals surface area (Å²) in [5.41, 5.74) is 0. The Morgan fingerprint density at radius 3 is 1.05 bits per heavy atom. The lowest BCUT2D eigenvalue weighted by molar-refractivity contribution is -0.123. The van der Waals surface area contributed by atoms with Gasteiger partial charge in [0.05, 0.1) is 18.8 Å². The molecule has 1 amide bonds. The largest absolute Gasteiger partial charge is 0.394 e. The molecule has 0 saturated carbocycles. The highest BCUT2D eigenvalue weighted by Crippen LogP contribution is 2.16. The first-order chi connectivity index (χ1) is 29.2. The number of hydrogen-bond donors (Lipinski definition) is 3. The Hall–Kier alpha value is -2.43. The SMILES string of the molecule is CC/C=C\C/C=C\C/C=C\C/C=C\C/C=C\C/C=C\C/C=C\CCCC(=O)NC(CO)C(O)CCCCCCCCCCCCCCCCCCCCCCCCCC. The van der Waals surface area contributed by atoms with Gasteiger partial charge in [-0.15, -0.1) is 0 Å². The van der Waals surface area contributed by atoms with E-state index in [1.165, 1.54) is 141 Å². The monoisotopic (exact) mass is 820 g/mol. The minimum absolute atomic E-state index is 0.0898. The maximum Gasteiger partial charge on any atom is 0.220 e. The molecule has 0 spiro atoms. The summed E-state index contributed by atoms with van der Waals surface area (Å²) in [5.74, 6) is -0.0898. The van der Waals surface area contributed by atoms with Crippen LogP contribution in [0.4, 0.5) is 0 Å². The average Bonchev–Trinajstić information content (AvgIpc) is 3.24. The number of carbonyl (C=O) groups is 1. The van der Waals surface area contributed by atoms with Gasteiger partial charge in [0.2, 0.25) is 5.91 Å². The molecule has 0 heterocycles. The van der Waals surface area contributed by atoms with Crippen LogP contribution in [-0.4, -0.2) is 34.9 Å². The van der Waals surface area contributed by atoms with E-state index in [2.05, 4.69) is 104 Å². The third kappa shape index (κ3) is 46.5. The number of nitrogens with one attached hydrogen (secondary N) is 1. The lowest BCUT2D eigenvalue weighted by atomic mass is 10.0. The number of allylic oxidation sites excluding steroid dienone is 14. The first kappa shape index (κ1) is 56.6. The van der Waals surface area contributed by atoms with Crippen LogP contribution < -0.4 is 5.32 Å². The Balaban J connectivity index is 3.61. The number of unbranched alkanes of at least 4 members (excludes halogenated alkanes) is 24. The van der Waals surface area contributed by atoms with Crippen molar-refractivity contribution in [3.8, 4) is 0 Å². The van der Waals surface area contributed by atoms with Crippen LogP contribution in [-0.2, 0) is 4.79 Å². The Labute approximate surface area is 367 Å². The van der Waals surface area contributed by atoms with Crippen LogP contribution in [0, 0.1) is 0 Å². The van der Waals surface area contributed by atoms with Gasteiger partial charge in [0, 0.05) is 6.42 Å². The fraction of sp³-hybridized carbons (Fsp3) is 0.727. The van der Waals surface area contributed by atoms with Crippen molar-refractivity contribution in [2.75, 3.05) is 6.61 Å². The van der Waals surface area contributed by atoms with E-state index in [0.717, 1.165) is 70.6 Å². The maximum atomic E-state index is 12.4. The van der Waals surface area contributed by atoms with Gasteiger partial charge in [0.25, 0.3) is 0 Å². The van der Waals surface area contributed by atoms with Gasteiger partial charge >= 0.3 is 0 Å². The number of amides is 1. The summed E-state index contributed by atoms with van der Waals surface area (Å²) in [5, 5.41) is 23.2. The third-order valence-corrected chi connectivity index (χ3v) is 11.2. The lowest BCUT2D eigenvalue weighted by Gasteiger charge is -2.22. The van der Waals surface area contributed by atoms with E-state index in [0.29, 0.717) is 12.8 Å². The molecule has 2 unspecified atom stereocenters. The van der Waals surface area contributed by atoms with Crippen molar-refractivity contribution in [1.29, 1.82) is 0 Å². The normalized spacial score (nSPS) is 13.6. The Morgan fingerprint density at radius 1 is 0.424 bits per heavy atom. The third-order valence-electron chi connectivity index (χ3n) is 11.2. The number of aliphatic hydroxyl groups is 2. The van der Waals surface area contributed by atoms with Crippen LogP contribution >= 0.6 is 0 Å². The van der Waals surface area contributed by atoms with E-state index in [4.69, 9.17) is 0 Å². The molecule has 59 heavy (non-hydrogen) atoms. The number of carbonyl (C=O) groups excluding carboxylic acids is 1. The lowest BCUT2D eigenvalue weighted by Crippen LogP contribution is -2.45. The number of aliphatic hydroxyl groups excluding tert-OH is 2. The summed E-state index contributed by atoms with van der Waals surface area (Å²) in [6.07, 6.45) is 72.6. The maximum absolute atomic E-state index is 12.4. The van der Waals surface area contributed by atoms with Crippen molar-refractivity contribution in [3.05, 3.63) is 85.1 Å². The zero-order valence-corrected chi connectivity index (χ0v) is 39.0. The van der Waals surface area contributed by atoms with Crippen molar-refractivity contribution >= 4 is 5.91 Å². The highest BCUT2D eigenvalue weighted by molar-refractivity contribution is 5.76. The quantitative estimate of drug-likeness (QED) is 0.0423. The molecule has 0 aliphatic rings. The molecule has 0 aliphatic heterocycles. The second kappa shape index (κ2) is 49.9. The standard InChI is InChI=1S/C55H97NO3/c1-3-5-7-9-11-13-15-17-19-21-23-25-27-29-30-32-34-36-38-40-42-44-46-48-50-54(58)53(52-57)56-55(59)51-49-47-45-43-41-39-37-35-33-31-28-26-24-22-20-18-16-14-12-10-8-6-4-2/h6,8,12,14,18,20,24,26,31,33,37,39,43,45,53-54,57-58H,3-5,7,9-11,13,15-17,19,21-23,25,27-30,32,34-36,38,40-42,44,46-52H2,1-2H3,(H,56,59)/b8-6-,14-12-,20-18-,26-24-,33-31-,39-37-,45-43-. The first-order valence-electron chi connectivity index (χ1n) is 25.3. The first-order valence-corrected chi connectivity index (χ1v) is 25.3. The Kier molecular flexibility index (Phi) is 47.9. The van der Waals surface area contributed by atoms with Gasteiger partial charge in [-0.2, -0.15) is 0 Å². The second-order valence-corrected chi connectivity index (χ2v) is 16.9. The zero-order chi connectivity index (χ0) is 42.8. The van der Waals surface area contributed by atoms with Crippen molar-refractivity contribution in [1.82, 2.24) is 5.32 Å². The Morgan fingerprint density at radius 2 is 0.729 bits per heavy atom. The zero-order valence-electron chi connectivity index (χ0n) is 39.0. The predicted molar refractivity (Wildman–Crippen MR) is 262 cm³/mol. The second-order valence-electron chi connectivity index (χ2n) is 16.9. The smallest absolute Gasteiger partial charge is 0.220 e. The predicted octanol–water partition coefficient (Wildman–Crippen LogP) is 16.4. The van der Waals surface area contributed by atoms with E-state index in [1.807, 2.05) is 0 Å². The molecule has 0 aromatic rings. The summed E-state index contributed by atoms with van der Waals surface area (Å²) >= 11 is 0. The number of rotatable bonds is 45. The van der Waals surface area contributed by atoms with Gasteiger partial charge in [-0.1, -0.05) is 253 Å². The minimum atomic E-state index is -0.690. The van der Waals surface area contributed by atoms with Gasteiger partial charge < -0.3 is 15.5 Å². The molecular formula is C55H97NO3. The molecule has 2 atom stereocenters. The molecular weight excluding hydrogens is 723 g/mol. The molecule has 0 aliphatic carbocycles. The molecule has 0 rings (SSSR count). The fourth-order valence-electron chi connectivity index (χ4n) is 7.35. The number of hydrogen-bond acceptors (Lipinski definition) is 3. The molecule has 0 saturated heterocycles. The molecule has 0 aromatic heterocycles. The van der Waals surface area contributed by atoms with Gasteiger partial charge in [-0.05, 0) is 64.2 Å². The molecule has 4 nitrogen and oxygen atoms in total. The van der Waals surface area contributed by atoms with Crippen LogP contribution in [0.2, 0.25) is 0 Å². The average molecular weight is 820 g/mol. The van der Waals surface area contributed by atoms with Crippen molar-refractivity contribution in [2.45, 2.75) is 251 Å². The van der Waals surface area contributed by atoms with Gasteiger partial charge in [0.1, 0.15) is 0 Å². The van der Waals surface area contributed by atoms with Crippen LogP contribution in [0.5, 0.6) is 0 Å². The summed E-state index contributed by atoms with van der Waals surface area (Å²) < 4.78 is 0. The molecule has 0 bridgehead atoms. The molecule has 3 N–H and O–H groups in total. The van der Waals surface area contributed by atoms with Crippen LogP contribution in [0.15, 0.2) is 85.1 Å². The minimum Gasteiger partial charge on any atom is -0.394 e. The summed E-state index contributed by atoms with van der Waals surface area (Å²) in [6, 6.07) is -0.573. The highest BCUT2D eigenvalue weighted by atomic mass is 16.3. The van der Waals surface area contributed by atoms with Crippen molar-refractivity contribution < 1.29 is 15.0 Å². The van der Waals surface area contributed by atoms with Crippen LogP contribution in [0.3, 0.4) is 0 Å². The van der Waals surface area contributed by atoms with E-state index in [1.54, 1.807) is 0 Å². The van der Waals surface area contributed by atoms with E-state index in [-0.39, 0.29) is 12.5 Å². The van der Waals surface area contributed by atoms with Crippen LogP contribution in [0.25, 0.3) is 0 Å². The topological polar surface area (TPSA) is 69.6 Å². The van der Waals surface area contributed by atoms with E-state index in [9.17, 15) is 15.0 Å². The van der Waals surface area contributed by atoms with Gasteiger partial charge in [-0.25, -0.2) is 0 Å². The van der Waals surface area contributed by atoms with Crippen molar-refractivity contribution in [3.63, 3.8) is 0 Å². The molecule has 340 valence electrons. The summed E-state index contributed by atoms with van der Waals surface area (Å²) in [4.78, 5) is 12.4. The molecule has 4 heteroatoms. The van der Waals surface area contributed by atoms with Gasteiger partial charge in [0.15, 0.2) is 0 Å². The summed E-state index contributed by atoms with van der Waals surface area (Å²) in [6.45, 7) is 4.23. The fourth-order valence-corrected chi connectivity index (χ4v) is 7.35. The molecule has 0 fully saturated rings. The summed E-state index contributed by atoms with van der Waals surface area (Å²) in [7, 11) is 0. The molecule has 0 radical (unpaired) electrons. The van der Waals surface area contributed by atoms with Gasteiger partial charge in [-0.3, -0.25) is 4.79 Å². The Bertz CT molecular complexity index is 1070.